The minimum Gasteiger partial charge on any atom is -0.312 e. The highest BCUT2D eigenvalue weighted by Gasteiger charge is 2.27. The van der Waals surface area contributed by atoms with Gasteiger partial charge in [0.25, 0.3) is 0 Å². The zero-order chi connectivity index (χ0) is 11.1. The van der Waals surface area contributed by atoms with E-state index >= 15 is 0 Å². The minimum atomic E-state index is 0.382. The van der Waals surface area contributed by atoms with Crippen LogP contribution < -0.4 is 5.32 Å². The molecule has 1 aliphatic carbocycles. The fourth-order valence-corrected chi connectivity index (χ4v) is 1.92. The Hall–Kier alpha value is -0.590. The largest absolute Gasteiger partial charge is 0.312 e. The van der Waals surface area contributed by atoms with Crippen molar-refractivity contribution in [1.29, 1.82) is 5.26 Å². The molecule has 1 saturated carbocycles. The van der Waals surface area contributed by atoms with Gasteiger partial charge in [0.05, 0.1) is 12.5 Å². The first kappa shape index (κ1) is 12.5. The quantitative estimate of drug-likeness (QED) is 0.662. The van der Waals surface area contributed by atoms with Gasteiger partial charge in [0.2, 0.25) is 0 Å². The van der Waals surface area contributed by atoms with Gasteiger partial charge < -0.3 is 5.32 Å². The van der Waals surface area contributed by atoms with E-state index < -0.39 is 0 Å². The molecule has 86 valence electrons. The van der Waals surface area contributed by atoms with E-state index in [0.717, 1.165) is 32.1 Å². The molecule has 1 unspecified atom stereocenters. The van der Waals surface area contributed by atoms with Crippen molar-refractivity contribution in [2.45, 2.75) is 51.6 Å². The van der Waals surface area contributed by atoms with Crippen LogP contribution >= 0.6 is 0 Å². The lowest BCUT2D eigenvalue weighted by molar-refractivity contribution is 0.271. The maximum atomic E-state index is 8.62. The van der Waals surface area contributed by atoms with Crippen LogP contribution in [0.3, 0.4) is 0 Å². The Morgan fingerprint density at radius 2 is 2.20 bits per heavy atom. The van der Waals surface area contributed by atoms with Crippen molar-refractivity contribution in [3.63, 3.8) is 0 Å². The van der Waals surface area contributed by atoms with E-state index in [1.54, 1.807) is 0 Å². The Balaban J connectivity index is 2.10. The molecule has 3 nitrogen and oxygen atoms in total. The Morgan fingerprint density at radius 1 is 1.47 bits per heavy atom. The van der Waals surface area contributed by atoms with E-state index in [4.69, 9.17) is 5.26 Å². The third kappa shape index (κ3) is 4.63. The molecule has 1 N–H and O–H groups in total. The van der Waals surface area contributed by atoms with Gasteiger partial charge in [-0.2, -0.15) is 5.26 Å². The van der Waals surface area contributed by atoms with Crippen molar-refractivity contribution >= 4 is 0 Å². The predicted molar refractivity (Wildman–Crippen MR) is 62.6 cm³/mol. The summed E-state index contributed by atoms with van der Waals surface area (Å²) in [6.07, 6.45) is 4.43. The maximum absolute atomic E-state index is 8.62. The van der Waals surface area contributed by atoms with Crippen LogP contribution in [0.4, 0.5) is 0 Å². The number of hydrogen-bond donors (Lipinski definition) is 1. The second-order valence-electron chi connectivity index (χ2n) is 4.28. The Labute approximate surface area is 93.5 Å². The van der Waals surface area contributed by atoms with Gasteiger partial charge >= 0.3 is 0 Å². The van der Waals surface area contributed by atoms with E-state index in [1.165, 1.54) is 12.8 Å². The van der Waals surface area contributed by atoms with Crippen molar-refractivity contribution in [3.05, 3.63) is 0 Å². The van der Waals surface area contributed by atoms with Gasteiger partial charge in [-0.15, -0.1) is 0 Å². The zero-order valence-corrected chi connectivity index (χ0v) is 10.00. The molecule has 0 radical (unpaired) electrons. The Morgan fingerprint density at radius 3 is 2.67 bits per heavy atom. The molecule has 0 aromatic rings. The van der Waals surface area contributed by atoms with E-state index in [0.29, 0.717) is 12.5 Å². The number of rotatable bonds is 8. The summed E-state index contributed by atoms with van der Waals surface area (Å²) in [6, 6.07) is 3.47. The molecule has 15 heavy (non-hydrogen) atoms. The molecule has 1 atom stereocenters. The van der Waals surface area contributed by atoms with Crippen molar-refractivity contribution in [1.82, 2.24) is 10.2 Å². The maximum Gasteiger partial charge on any atom is 0.0638 e. The van der Waals surface area contributed by atoms with Crippen molar-refractivity contribution in [2.75, 3.05) is 19.6 Å². The summed E-state index contributed by atoms with van der Waals surface area (Å²) in [7, 11) is 0. The third-order valence-electron chi connectivity index (χ3n) is 3.13. The zero-order valence-electron chi connectivity index (χ0n) is 10.00. The second kappa shape index (κ2) is 6.81. The minimum absolute atomic E-state index is 0.382. The standard InChI is InChI=1S/C12H23N3/c1-3-11(7-8-13)14-9-10-15(4-2)12-5-6-12/h11-12,14H,3-7,9-10H2,1-2H3. The summed E-state index contributed by atoms with van der Waals surface area (Å²) in [5, 5.41) is 12.1. The van der Waals surface area contributed by atoms with Crippen molar-refractivity contribution in [3.8, 4) is 6.07 Å². The van der Waals surface area contributed by atoms with Gasteiger partial charge in [-0.25, -0.2) is 0 Å². The first-order valence-electron chi connectivity index (χ1n) is 6.16. The monoisotopic (exact) mass is 209 g/mol. The lowest BCUT2D eigenvalue weighted by atomic mass is 10.2. The molecule has 0 heterocycles. The van der Waals surface area contributed by atoms with Crippen LogP contribution in [0.15, 0.2) is 0 Å². The molecule has 0 aromatic heterocycles. The van der Waals surface area contributed by atoms with Crippen LogP contribution in [0.2, 0.25) is 0 Å². The topological polar surface area (TPSA) is 39.1 Å². The van der Waals surface area contributed by atoms with Gasteiger partial charge in [0, 0.05) is 25.2 Å². The second-order valence-corrected chi connectivity index (χ2v) is 4.28. The van der Waals surface area contributed by atoms with Crippen LogP contribution in [0.25, 0.3) is 0 Å². The summed E-state index contributed by atoms with van der Waals surface area (Å²) in [4.78, 5) is 2.53. The number of likely N-dealkylation sites (N-methyl/N-ethyl adjacent to an activating group) is 1. The highest BCUT2D eigenvalue weighted by atomic mass is 15.2. The highest BCUT2D eigenvalue weighted by Crippen LogP contribution is 2.25. The molecule has 1 fully saturated rings. The number of hydrogen-bond acceptors (Lipinski definition) is 3. The molecule has 1 aliphatic rings. The average molecular weight is 209 g/mol. The summed E-state index contributed by atoms with van der Waals surface area (Å²) >= 11 is 0. The summed E-state index contributed by atoms with van der Waals surface area (Å²) < 4.78 is 0. The normalized spacial score (nSPS) is 17.7. The lowest BCUT2D eigenvalue weighted by Crippen LogP contribution is -2.37. The van der Waals surface area contributed by atoms with E-state index in [9.17, 15) is 0 Å². The molecule has 0 bridgehead atoms. The molecule has 0 aromatic carbocycles. The van der Waals surface area contributed by atoms with E-state index in [1.807, 2.05) is 0 Å². The van der Waals surface area contributed by atoms with Gasteiger partial charge in [-0.3, -0.25) is 4.90 Å². The van der Waals surface area contributed by atoms with Gasteiger partial charge in [0.15, 0.2) is 0 Å². The van der Waals surface area contributed by atoms with Crippen LogP contribution in [0.5, 0.6) is 0 Å². The number of nitrogens with one attached hydrogen (secondary N) is 1. The van der Waals surface area contributed by atoms with Gasteiger partial charge in [-0.1, -0.05) is 13.8 Å². The van der Waals surface area contributed by atoms with Crippen LogP contribution in [0.1, 0.15) is 39.5 Å². The molecule has 0 spiro atoms. The van der Waals surface area contributed by atoms with Crippen LogP contribution in [0, 0.1) is 11.3 Å². The smallest absolute Gasteiger partial charge is 0.0638 e. The SMILES string of the molecule is CCC(CC#N)NCCN(CC)C1CC1. The van der Waals surface area contributed by atoms with Crippen LogP contribution in [-0.2, 0) is 0 Å². The van der Waals surface area contributed by atoms with Gasteiger partial charge in [-0.05, 0) is 25.8 Å². The van der Waals surface area contributed by atoms with Crippen molar-refractivity contribution < 1.29 is 0 Å². The summed E-state index contributed by atoms with van der Waals surface area (Å²) in [6.45, 7) is 7.66. The molecule has 0 aliphatic heterocycles. The molecular formula is C12H23N3. The highest BCUT2D eigenvalue weighted by molar-refractivity contribution is 4.85. The molecular weight excluding hydrogens is 186 g/mol. The average Bonchev–Trinajstić information content (AvgIpc) is 3.06. The van der Waals surface area contributed by atoms with E-state index in [2.05, 4.69) is 30.1 Å². The number of nitriles is 1. The third-order valence-corrected chi connectivity index (χ3v) is 3.13. The predicted octanol–water partition coefficient (Wildman–Crippen LogP) is 1.75. The molecule has 0 saturated heterocycles. The molecule has 1 rings (SSSR count). The lowest BCUT2D eigenvalue weighted by Gasteiger charge is -2.21. The molecule has 3 heteroatoms. The Kier molecular flexibility index (Phi) is 5.67. The van der Waals surface area contributed by atoms with Crippen molar-refractivity contribution in [2.24, 2.45) is 0 Å². The first-order chi connectivity index (χ1) is 7.31. The summed E-state index contributed by atoms with van der Waals surface area (Å²) in [5.41, 5.74) is 0. The molecule has 0 amide bonds. The Bertz CT molecular complexity index is 205. The van der Waals surface area contributed by atoms with Gasteiger partial charge in [0.1, 0.15) is 0 Å². The van der Waals surface area contributed by atoms with E-state index in [-0.39, 0.29) is 0 Å². The fourth-order valence-electron chi connectivity index (χ4n) is 1.92. The summed E-state index contributed by atoms with van der Waals surface area (Å²) in [5.74, 6) is 0. The fraction of sp³-hybridized carbons (Fsp3) is 0.917. The van der Waals surface area contributed by atoms with Crippen LogP contribution in [-0.4, -0.2) is 36.6 Å². The first-order valence-corrected chi connectivity index (χ1v) is 6.16. The number of nitrogens with zero attached hydrogens (tertiary/aromatic N) is 2.